The summed E-state index contributed by atoms with van der Waals surface area (Å²) in [6.45, 7) is 4.00. The molecule has 0 fully saturated rings. The Bertz CT molecular complexity index is 709. The molecule has 0 bridgehead atoms. The second kappa shape index (κ2) is 9.86. The fourth-order valence-corrected chi connectivity index (χ4v) is 2.36. The van der Waals surface area contributed by atoms with Gasteiger partial charge in [0, 0.05) is 0 Å². The SMILES string of the molecule is CC.O=POc1ccccc1.O=c1[nH]sc2ccccc12. The molecule has 0 aliphatic heterocycles. The molecule has 4 nitrogen and oxygen atoms in total. The maximum atomic E-state index is 10.9. The molecule has 1 heterocycles. The molecule has 2 aromatic carbocycles. The van der Waals surface area contributed by atoms with Gasteiger partial charge in [0.25, 0.3) is 5.56 Å². The van der Waals surface area contributed by atoms with E-state index in [0.717, 1.165) is 10.1 Å². The van der Waals surface area contributed by atoms with Crippen LogP contribution in [0.3, 0.4) is 0 Å². The Balaban J connectivity index is 0.000000189. The Morgan fingerprint density at radius 3 is 2.24 bits per heavy atom. The average molecular weight is 321 g/mol. The van der Waals surface area contributed by atoms with E-state index in [1.807, 2.05) is 56.3 Å². The van der Waals surface area contributed by atoms with Crippen molar-refractivity contribution in [1.82, 2.24) is 4.37 Å². The zero-order valence-electron chi connectivity index (χ0n) is 11.8. The summed E-state index contributed by atoms with van der Waals surface area (Å²) in [5.74, 6) is 0.620. The van der Waals surface area contributed by atoms with Crippen molar-refractivity contribution in [2.24, 2.45) is 0 Å². The molecule has 1 aromatic heterocycles. The standard InChI is InChI=1S/C7H5NOS.C6H5O2P.C2H6/c9-7-5-3-1-2-4-6(5)10-8-7;7-9-8-6-4-2-1-3-5-6;1-2/h1-4H,(H,8,9);1-5H;1-2H3. The van der Waals surface area contributed by atoms with E-state index >= 15 is 0 Å². The first-order chi connectivity index (χ1) is 10.3. The van der Waals surface area contributed by atoms with Crippen molar-refractivity contribution < 1.29 is 9.09 Å². The van der Waals surface area contributed by atoms with Crippen molar-refractivity contribution in [3.63, 3.8) is 0 Å². The van der Waals surface area contributed by atoms with E-state index in [1.54, 1.807) is 12.1 Å². The van der Waals surface area contributed by atoms with Gasteiger partial charge >= 0.3 is 8.69 Å². The van der Waals surface area contributed by atoms with Crippen molar-refractivity contribution in [2.45, 2.75) is 13.8 Å². The van der Waals surface area contributed by atoms with E-state index in [1.165, 1.54) is 11.5 Å². The first kappa shape index (κ1) is 17.1. The number of H-pyrrole nitrogens is 1. The van der Waals surface area contributed by atoms with Gasteiger partial charge in [-0.25, -0.2) is 4.57 Å². The molecule has 1 N–H and O–H groups in total. The van der Waals surface area contributed by atoms with E-state index in [9.17, 15) is 9.36 Å². The summed E-state index contributed by atoms with van der Waals surface area (Å²) in [5.41, 5.74) is 0.0144. The van der Waals surface area contributed by atoms with Gasteiger partial charge in [0.15, 0.2) is 0 Å². The van der Waals surface area contributed by atoms with Gasteiger partial charge in [-0.05, 0) is 24.3 Å². The summed E-state index contributed by atoms with van der Waals surface area (Å²) in [6.07, 6.45) is 0. The minimum Gasteiger partial charge on any atom is -0.408 e. The molecule has 0 saturated heterocycles. The third-order valence-electron chi connectivity index (χ3n) is 2.27. The summed E-state index contributed by atoms with van der Waals surface area (Å²) in [7, 11) is -0.305. The lowest BCUT2D eigenvalue weighted by Crippen LogP contribution is -1.94. The lowest BCUT2D eigenvalue weighted by molar-refractivity contribution is 0.525. The number of hydrogen-bond acceptors (Lipinski definition) is 4. The van der Waals surface area contributed by atoms with Gasteiger partial charge in [-0.1, -0.05) is 55.7 Å². The molecule has 3 rings (SSSR count). The van der Waals surface area contributed by atoms with E-state index in [0.29, 0.717) is 5.75 Å². The fraction of sp³-hybridized carbons (Fsp3) is 0.133. The molecular formula is C15H16NO3PS. The molecule has 0 radical (unpaired) electrons. The molecule has 0 saturated carbocycles. The Morgan fingerprint density at radius 2 is 1.62 bits per heavy atom. The van der Waals surface area contributed by atoms with Crippen LogP contribution in [0.25, 0.3) is 10.1 Å². The molecule has 0 unspecified atom stereocenters. The van der Waals surface area contributed by atoms with E-state index < -0.39 is 0 Å². The maximum Gasteiger partial charge on any atom is 0.395 e. The van der Waals surface area contributed by atoms with Crippen molar-refractivity contribution in [2.75, 3.05) is 0 Å². The average Bonchev–Trinajstić information content (AvgIpc) is 2.93. The Hall–Kier alpha value is -1.97. The van der Waals surface area contributed by atoms with Crippen molar-refractivity contribution in [3.8, 4) is 5.75 Å². The summed E-state index contributed by atoms with van der Waals surface area (Å²) < 4.78 is 18.2. The molecule has 0 amide bonds. The minimum absolute atomic E-state index is 0.0144. The number of nitrogens with one attached hydrogen (secondary N) is 1. The third-order valence-corrected chi connectivity index (χ3v) is 3.42. The van der Waals surface area contributed by atoms with Gasteiger partial charge in [0.2, 0.25) is 0 Å². The highest BCUT2D eigenvalue weighted by atomic mass is 32.1. The van der Waals surface area contributed by atoms with Gasteiger partial charge in [-0.3, -0.25) is 9.17 Å². The second-order valence-corrected chi connectivity index (χ2v) is 4.69. The van der Waals surface area contributed by atoms with Gasteiger partial charge in [-0.2, -0.15) is 0 Å². The van der Waals surface area contributed by atoms with Crippen LogP contribution in [0.1, 0.15) is 13.8 Å². The molecule has 21 heavy (non-hydrogen) atoms. The van der Waals surface area contributed by atoms with Crippen molar-refractivity contribution in [1.29, 1.82) is 0 Å². The summed E-state index contributed by atoms with van der Waals surface area (Å²) >= 11 is 1.38. The lowest BCUT2D eigenvalue weighted by atomic mass is 10.3. The van der Waals surface area contributed by atoms with E-state index in [-0.39, 0.29) is 14.2 Å². The highest BCUT2D eigenvalue weighted by Crippen LogP contribution is 2.12. The number of benzene rings is 2. The predicted octanol–water partition coefficient (Wildman–Crippen LogP) is 4.89. The van der Waals surface area contributed by atoms with Crippen LogP contribution < -0.4 is 10.1 Å². The number of hydrogen-bond donors (Lipinski definition) is 1. The van der Waals surface area contributed by atoms with Gasteiger partial charge in [-0.15, -0.1) is 0 Å². The van der Waals surface area contributed by atoms with Crippen LogP contribution in [0.5, 0.6) is 5.75 Å². The van der Waals surface area contributed by atoms with Gasteiger partial charge in [0.05, 0.1) is 10.1 Å². The number of para-hydroxylation sites is 1. The van der Waals surface area contributed by atoms with Gasteiger partial charge in [0.1, 0.15) is 5.75 Å². The molecule has 0 spiro atoms. The van der Waals surface area contributed by atoms with Crippen LogP contribution in [0.2, 0.25) is 0 Å². The Labute approximate surface area is 128 Å². The normalized spacial score (nSPS) is 9.24. The highest BCUT2D eigenvalue weighted by Gasteiger charge is 1.96. The first-order valence-electron chi connectivity index (χ1n) is 6.42. The molecule has 0 atom stereocenters. The highest BCUT2D eigenvalue weighted by molar-refractivity contribution is 7.17. The monoisotopic (exact) mass is 321 g/mol. The molecule has 3 aromatic rings. The smallest absolute Gasteiger partial charge is 0.395 e. The lowest BCUT2D eigenvalue weighted by Gasteiger charge is -1.90. The maximum absolute atomic E-state index is 10.9. The van der Waals surface area contributed by atoms with Crippen molar-refractivity contribution in [3.05, 3.63) is 65.0 Å². The predicted molar refractivity (Wildman–Crippen MR) is 88.5 cm³/mol. The van der Waals surface area contributed by atoms with Crippen LogP contribution in [-0.4, -0.2) is 4.37 Å². The van der Waals surface area contributed by atoms with Gasteiger partial charge < -0.3 is 4.52 Å². The largest absolute Gasteiger partial charge is 0.408 e. The Kier molecular flexibility index (Phi) is 8.02. The third kappa shape index (κ3) is 5.50. The minimum atomic E-state index is -0.305. The molecule has 6 heteroatoms. The summed E-state index contributed by atoms with van der Waals surface area (Å²) in [4.78, 5) is 10.9. The van der Waals surface area contributed by atoms with E-state index in [2.05, 4.69) is 8.90 Å². The quantitative estimate of drug-likeness (QED) is 0.684. The molecule has 110 valence electrons. The number of rotatable bonds is 2. The first-order valence-corrected chi connectivity index (χ1v) is 7.97. The van der Waals surface area contributed by atoms with Crippen LogP contribution in [0.15, 0.2) is 59.4 Å². The van der Waals surface area contributed by atoms with E-state index in [4.69, 9.17) is 0 Å². The van der Waals surface area contributed by atoms with Crippen LogP contribution >= 0.6 is 20.2 Å². The number of aromatic amines is 1. The molecular weight excluding hydrogens is 305 g/mol. The number of aromatic nitrogens is 1. The topological polar surface area (TPSA) is 59.2 Å². The molecule has 0 aliphatic rings. The zero-order chi connectivity index (χ0) is 15.5. The van der Waals surface area contributed by atoms with Crippen molar-refractivity contribution >= 4 is 30.3 Å². The van der Waals surface area contributed by atoms with Crippen LogP contribution in [0, 0.1) is 0 Å². The zero-order valence-corrected chi connectivity index (χ0v) is 13.5. The second-order valence-electron chi connectivity index (χ2n) is 3.51. The molecule has 0 aliphatic carbocycles. The summed E-state index contributed by atoms with van der Waals surface area (Å²) in [6, 6.07) is 16.5. The number of fused-ring (bicyclic) bond motifs is 1. The van der Waals surface area contributed by atoms with Crippen LogP contribution in [0.4, 0.5) is 0 Å². The Morgan fingerprint density at radius 1 is 1.00 bits per heavy atom. The summed E-state index contributed by atoms with van der Waals surface area (Å²) in [5, 5.41) is 0.785. The fourth-order valence-electron chi connectivity index (χ4n) is 1.42. The van der Waals surface area contributed by atoms with Crippen LogP contribution in [-0.2, 0) is 4.57 Å².